The molecule has 4 aromatic rings. The van der Waals surface area contributed by atoms with Crippen molar-refractivity contribution in [1.29, 1.82) is 0 Å². The Morgan fingerprint density at radius 2 is 1.87 bits per heavy atom. The molecule has 0 fully saturated rings. The lowest BCUT2D eigenvalue weighted by atomic mass is 10.2. The lowest BCUT2D eigenvalue weighted by Gasteiger charge is -2.12. The van der Waals surface area contributed by atoms with E-state index in [9.17, 15) is 4.79 Å². The third-order valence-electron chi connectivity index (χ3n) is 4.98. The molecule has 0 saturated carbocycles. The van der Waals surface area contributed by atoms with Crippen molar-refractivity contribution in [2.24, 2.45) is 0 Å². The second kappa shape index (κ2) is 8.12. The van der Waals surface area contributed by atoms with Crippen LogP contribution in [0.4, 0.5) is 11.6 Å². The molecular weight excluding hydrogens is 400 g/mol. The van der Waals surface area contributed by atoms with Crippen LogP contribution in [0.5, 0.6) is 0 Å². The molecule has 4 rings (SSSR count). The van der Waals surface area contributed by atoms with E-state index in [1.54, 1.807) is 29.2 Å². The fourth-order valence-corrected chi connectivity index (χ4v) is 3.53. The van der Waals surface area contributed by atoms with Gasteiger partial charge < -0.3 is 5.32 Å². The van der Waals surface area contributed by atoms with Gasteiger partial charge in [-0.25, -0.2) is 15.0 Å². The van der Waals surface area contributed by atoms with Crippen molar-refractivity contribution >= 4 is 23.2 Å². The smallest absolute Gasteiger partial charge is 0.275 e. The molecule has 8 heteroatoms. The first-order chi connectivity index (χ1) is 14.5. The highest BCUT2D eigenvalue weighted by Crippen LogP contribution is 2.22. The van der Waals surface area contributed by atoms with E-state index in [0.29, 0.717) is 29.0 Å². The average Bonchev–Trinajstić information content (AvgIpc) is 2.97. The number of benzene rings is 1. The van der Waals surface area contributed by atoms with Crippen LogP contribution in [0, 0.1) is 13.8 Å². The van der Waals surface area contributed by atoms with Crippen LogP contribution >= 0.6 is 11.6 Å². The number of hydrogen-bond acceptors (Lipinski definition) is 5. The van der Waals surface area contributed by atoms with Crippen molar-refractivity contribution in [2.45, 2.75) is 27.3 Å². The monoisotopic (exact) mass is 420 g/mol. The van der Waals surface area contributed by atoms with Crippen molar-refractivity contribution in [3.8, 4) is 17.1 Å². The number of pyridine rings is 1. The van der Waals surface area contributed by atoms with Gasteiger partial charge in [0.05, 0.1) is 5.69 Å². The van der Waals surface area contributed by atoms with Gasteiger partial charge in [-0.15, -0.1) is 0 Å². The summed E-state index contributed by atoms with van der Waals surface area (Å²) in [6, 6.07) is 12.9. The molecule has 0 aliphatic heterocycles. The molecule has 0 atom stereocenters. The first kappa shape index (κ1) is 19.8. The van der Waals surface area contributed by atoms with Crippen LogP contribution in [0.25, 0.3) is 17.1 Å². The highest BCUT2D eigenvalue weighted by molar-refractivity contribution is 6.30. The van der Waals surface area contributed by atoms with E-state index >= 15 is 0 Å². The van der Waals surface area contributed by atoms with Gasteiger partial charge in [-0.3, -0.25) is 9.48 Å². The number of halogens is 1. The molecule has 0 aliphatic rings. The lowest BCUT2D eigenvalue weighted by Crippen LogP contribution is -2.22. The van der Waals surface area contributed by atoms with E-state index < -0.39 is 0 Å². The molecule has 1 N–H and O–H groups in total. The fourth-order valence-electron chi connectivity index (χ4n) is 3.34. The molecule has 3 aromatic heterocycles. The second-order valence-electron chi connectivity index (χ2n) is 6.85. The van der Waals surface area contributed by atoms with Gasteiger partial charge >= 0.3 is 0 Å². The second-order valence-corrected chi connectivity index (χ2v) is 7.28. The summed E-state index contributed by atoms with van der Waals surface area (Å²) in [5, 5.41) is 3.79. The molecule has 0 aliphatic carbocycles. The predicted octanol–water partition coefficient (Wildman–Crippen LogP) is 4.52. The van der Waals surface area contributed by atoms with E-state index in [-0.39, 0.29) is 5.56 Å². The number of anilines is 2. The van der Waals surface area contributed by atoms with Crippen LogP contribution in [0.1, 0.15) is 18.2 Å². The number of nitrogens with zero attached hydrogens (tertiary/aromatic N) is 5. The summed E-state index contributed by atoms with van der Waals surface area (Å²) in [6.45, 7) is 6.45. The summed E-state index contributed by atoms with van der Waals surface area (Å²) >= 11 is 6.05. The minimum Gasteiger partial charge on any atom is -0.324 e. The van der Waals surface area contributed by atoms with Crippen LogP contribution in [-0.2, 0) is 6.54 Å². The largest absolute Gasteiger partial charge is 0.324 e. The quantitative estimate of drug-likeness (QED) is 0.513. The third kappa shape index (κ3) is 3.71. The number of rotatable bonds is 5. The van der Waals surface area contributed by atoms with Crippen LogP contribution in [-0.4, -0.2) is 24.3 Å². The Bertz CT molecular complexity index is 1280. The van der Waals surface area contributed by atoms with Crippen LogP contribution in [0.3, 0.4) is 0 Å². The maximum absolute atomic E-state index is 12.8. The molecule has 152 valence electrons. The Kier molecular flexibility index (Phi) is 5.37. The van der Waals surface area contributed by atoms with Gasteiger partial charge in [0.1, 0.15) is 0 Å². The molecule has 0 spiro atoms. The van der Waals surface area contributed by atoms with E-state index in [2.05, 4.69) is 20.3 Å². The Balaban J connectivity index is 1.72. The maximum Gasteiger partial charge on any atom is 0.275 e. The van der Waals surface area contributed by atoms with Crippen LogP contribution in [0.15, 0.2) is 59.7 Å². The van der Waals surface area contributed by atoms with E-state index in [1.807, 2.05) is 55.8 Å². The van der Waals surface area contributed by atoms with Crippen molar-refractivity contribution in [2.75, 3.05) is 5.32 Å². The standard InChI is InChI=1S/C22H21ClN6O/c1-4-28-15(3)14(2)21(30)29(28)20-12-16(8-10-24-20)19-9-11-25-22(27-19)26-18-7-5-6-17(23)13-18/h5-13H,4H2,1-3H3,(H,25,26,27). The van der Waals surface area contributed by atoms with Crippen molar-refractivity contribution in [1.82, 2.24) is 24.3 Å². The zero-order valence-electron chi connectivity index (χ0n) is 16.9. The number of nitrogens with one attached hydrogen (secondary N) is 1. The Morgan fingerprint density at radius 3 is 2.63 bits per heavy atom. The molecule has 0 saturated heterocycles. The van der Waals surface area contributed by atoms with Gasteiger partial charge in [0, 0.05) is 46.5 Å². The van der Waals surface area contributed by atoms with Crippen LogP contribution in [0.2, 0.25) is 5.02 Å². The van der Waals surface area contributed by atoms with E-state index in [0.717, 1.165) is 22.5 Å². The van der Waals surface area contributed by atoms with Crippen molar-refractivity contribution in [3.63, 3.8) is 0 Å². The molecule has 1 aromatic carbocycles. The van der Waals surface area contributed by atoms with E-state index in [4.69, 9.17) is 11.6 Å². The lowest BCUT2D eigenvalue weighted by molar-refractivity contribution is 0.552. The summed E-state index contributed by atoms with van der Waals surface area (Å²) in [5.41, 5.74) is 3.94. The molecule has 0 bridgehead atoms. The minimum atomic E-state index is -0.0648. The van der Waals surface area contributed by atoms with Gasteiger partial charge in [0.15, 0.2) is 5.82 Å². The molecule has 7 nitrogen and oxygen atoms in total. The van der Waals surface area contributed by atoms with Gasteiger partial charge in [-0.1, -0.05) is 17.7 Å². The fraction of sp³-hybridized carbons (Fsp3) is 0.182. The maximum atomic E-state index is 12.8. The average molecular weight is 421 g/mol. The highest BCUT2D eigenvalue weighted by Gasteiger charge is 2.15. The van der Waals surface area contributed by atoms with Crippen LogP contribution < -0.4 is 10.9 Å². The van der Waals surface area contributed by atoms with Gasteiger partial charge in [-0.05, 0) is 57.2 Å². The zero-order chi connectivity index (χ0) is 21.3. The first-order valence-corrected chi connectivity index (χ1v) is 9.97. The van der Waals surface area contributed by atoms with Crippen molar-refractivity contribution < 1.29 is 0 Å². The summed E-state index contributed by atoms with van der Waals surface area (Å²) in [7, 11) is 0. The topological polar surface area (TPSA) is 77.6 Å². The molecular formula is C22H21ClN6O. The highest BCUT2D eigenvalue weighted by atomic mass is 35.5. The number of hydrogen-bond donors (Lipinski definition) is 1. The molecule has 0 amide bonds. The molecule has 3 heterocycles. The minimum absolute atomic E-state index is 0.0648. The SMILES string of the molecule is CCn1c(C)c(C)c(=O)n1-c1cc(-c2ccnc(Nc3cccc(Cl)c3)n2)ccn1. The molecule has 30 heavy (non-hydrogen) atoms. The predicted molar refractivity (Wildman–Crippen MR) is 119 cm³/mol. The summed E-state index contributed by atoms with van der Waals surface area (Å²) in [4.78, 5) is 26.1. The Labute approximate surface area is 179 Å². The van der Waals surface area contributed by atoms with Gasteiger partial charge in [0.25, 0.3) is 5.56 Å². The zero-order valence-corrected chi connectivity index (χ0v) is 17.7. The Hall–Kier alpha value is -3.45. The van der Waals surface area contributed by atoms with Gasteiger partial charge in [0.2, 0.25) is 5.95 Å². The van der Waals surface area contributed by atoms with Crippen molar-refractivity contribution in [3.05, 3.63) is 81.5 Å². The molecule has 0 radical (unpaired) electrons. The molecule has 0 unspecified atom stereocenters. The summed E-state index contributed by atoms with van der Waals surface area (Å²) < 4.78 is 3.54. The third-order valence-corrected chi connectivity index (χ3v) is 5.21. The summed E-state index contributed by atoms with van der Waals surface area (Å²) in [5.74, 6) is 1.01. The number of aromatic nitrogens is 5. The first-order valence-electron chi connectivity index (χ1n) is 9.59. The Morgan fingerprint density at radius 1 is 1.07 bits per heavy atom. The normalized spacial score (nSPS) is 10.9. The van der Waals surface area contributed by atoms with E-state index in [1.165, 1.54) is 0 Å². The van der Waals surface area contributed by atoms with Gasteiger partial charge in [-0.2, -0.15) is 4.68 Å². The summed E-state index contributed by atoms with van der Waals surface area (Å²) in [6.07, 6.45) is 3.37.